The summed E-state index contributed by atoms with van der Waals surface area (Å²) in [7, 11) is 0. The number of nitrogens with zero attached hydrogens (tertiary/aromatic N) is 3. The highest BCUT2D eigenvalue weighted by Crippen LogP contribution is 2.30. The predicted molar refractivity (Wildman–Crippen MR) is 74.5 cm³/mol. The zero-order valence-corrected chi connectivity index (χ0v) is 12.6. The standard InChI is InChI=1S/C12H12F2N4O4S/c1-6-2-8(22-12(13)14)10(23-6)11(21)15-3-7-4-18(17-16-7)5-9(19)20/h2,4,12H,3,5H2,1H3,(H,15,21)(H,19,20). The van der Waals surface area contributed by atoms with E-state index in [4.69, 9.17) is 5.11 Å². The Hall–Kier alpha value is -2.56. The van der Waals surface area contributed by atoms with Gasteiger partial charge in [0.15, 0.2) is 0 Å². The third kappa shape index (κ3) is 4.71. The van der Waals surface area contributed by atoms with Crippen LogP contribution in [-0.4, -0.2) is 38.6 Å². The van der Waals surface area contributed by atoms with Gasteiger partial charge in [-0.1, -0.05) is 5.21 Å². The third-order valence-corrected chi connectivity index (χ3v) is 3.59. The van der Waals surface area contributed by atoms with E-state index >= 15 is 0 Å². The number of aryl methyl sites for hydroxylation is 1. The fourth-order valence-electron chi connectivity index (χ4n) is 1.72. The summed E-state index contributed by atoms with van der Waals surface area (Å²) in [6, 6.07) is 1.36. The van der Waals surface area contributed by atoms with Crippen LogP contribution in [0.15, 0.2) is 12.3 Å². The number of amides is 1. The quantitative estimate of drug-likeness (QED) is 0.782. The van der Waals surface area contributed by atoms with Crippen molar-refractivity contribution in [3.63, 3.8) is 0 Å². The van der Waals surface area contributed by atoms with Crippen LogP contribution < -0.4 is 10.1 Å². The Balaban J connectivity index is 1.99. The summed E-state index contributed by atoms with van der Waals surface area (Å²) in [6.45, 7) is -1.73. The van der Waals surface area contributed by atoms with E-state index in [2.05, 4.69) is 20.4 Å². The number of ether oxygens (including phenoxy) is 1. The molecule has 11 heteroatoms. The minimum atomic E-state index is -3.02. The van der Waals surface area contributed by atoms with E-state index in [1.807, 2.05) is 0 Å². The van der Waals surface area contributed by atoms with Crippen molar-refractivity contribution in [2.75, 3.05) is 0 Å². The van der Waals surface area contributed by atoms with Crippen molar-refractivity contribution in [2.24, 2.45) is 0 Å². The molecule has 0 fully saturated rings. The molecule has 2 heterocycles. The zero-order valence-electron chi connectivity index (χ0n) is 11.8. The molecule has 0 bridgehead atoms. The molecule has 0 aliphatic heterocycles. The molecule has 0 unspecified atom stereocenters. The molecule has 0 radical (unpaired) electrons. The van der Waals surface area contributed by atoms with Crippen LogP contribution in [0.25, 0.3) is 0 Å². The average molecular weight is 346 g/mol. The molecule has 0 saturated heterocycles. The molecule has 2 rings (SSSR count). The van der Waals surface area contributed by atoms with Crippen LogP contribution in [-0.2, 0) is 17.9 Å². The van der Waals surface area contributed by atoms with Crippen molar-refractivity contribution in [2.45, 2.75) is 26.6 Å². The van der Waals surface area contributed by atoms with Crippen molar-refractivity contribution >= 4 is 23.2 Å². The van der Waals surface area contributed by atoms with Crippen LogP contribution in [0.4, 0.5) is 8.78 Å². The van der Waals surface area contributed by atoms with Gasteiger partial charge < -0.3 is 15.2 Å². The summed E-state index contributed by atoms with van der Waals surface area (Å²) >= 11 is 1.02. The molecule has 2 aromatic heterocycles. The number of carboxylic acids is 1. The Labute approximate surface area is 132 Å². The van der Waals surface area contributed by atoms with Crippen LogP contribution >= 0.6 is 11.3 Å². The fourth-order valence-corrected chi connectivity index (χ4v) is 2.58. The molecule has 0 atom stereocenters. The molecular formula is C12H12F2N4O4S. The van der Waals surface area contributed by atoms with Crippen molar-refractivity contribution in [1.82, 2.24) is 20.3 Å². The Morgan fingerprint density at radius 3 is 2.91 bits per heavy atom. The maximum Gasteiger partial charge on any atom is 0.387 e. The van der Waals surface area contributed by atoms with E-state index in [0.717, 1.165) is 16.0 Å². The molecule has 1 amide bonds. The molecule has 8 nitrogen and oxygen atoms in total. The van der Waals surface area contributed by atoms with Gasteiger partial charge in [-0.25, -0.2) is 4.68 Å². The molecule has 2 N–H and O–H groups in total. The SMILES string of the molecule is Cc1cc(OC(F)F)c(C(=O)NCc2cn(CC(=O)O)nn2)s1. The van der Waals surface area contributed by atoms with Crippen LogP contribution in [0.1, 0.15) is 20.2 Å². The van der Waals surface area contributed by atoms with E-state index in [0.29, 0.717) is 10.6 Å². The average Bonchev–Trinajstić information content (AvgIpc) is 3.01. The summed E-state index contributed by atoms with van der Waals surface area (Å²) in [5.74, 6) is -1.85. The van der Waals surface area contributed by atoms with Crippen LogP contribution in [0.3, 0.4) is 0 Å². The smallest absolute Gasteiger partial charge is 0.387 e. The Kier molecular flexibility index (Phi) is 5.21. The lowest BCUT2D eigenvalue weighted by atomic mass is 10.3. The molecular weight excluding hydrogens is 334 g/mol. The van der Waals surface area contributed by atoms with E-state index in [-0.39, 0.29) is 23.7 Å². The van der Waals surface area contributed by atoms with Gasteiger partial charge in [-0.3, -0.25) is 9.59 Å². The number of alkyl halides is 2. The second kappa shape index (κ2) is 7.13. The van der Waals surface area contributed by atoms with Gasteiger partial charge in [0.2, 0.25) is 0 Å². The highest BCUT2D eigenvalue weighted by atomic mass is 32.1. The maximum atomic E-state index is 12.3. The van der Waals surface area contributed by atoms with E-state index < -0.39 is 18.5 Å². The number of aromatic nitrogens is 3. The minimum Gasteiger partial charge on any atom is -0.480 e. The molecule has 0 saturated carbocycles. The normalized spacial score (nSPS) is 10.8. The number of carboxylic acid groups (broad SMARTS) is 1. The highest BCUT2D eigenvalue weighted by Gasteiger charge is 2.19. The van der Waals surface area contributed by atoms with Gasteiger partial charge in [0.25, 0.3) is 5.91 Å². The number of thiophene rings is 1. The number of rotatable bonds is 7. The Morgan fingerprint density at radius 1 is 1.52 bits per heavy atom. The Bertz CT molecular complexity index is 716. The van der Waals surface area contributed by atoms with Gasteiger partial charge in [-0.2, -0.15) is 8.78 Å². The second-order valence-corrected chi connectivity index (χ2v) is 5.67. The number of carbonyl (C=O) groups is 2. The largest absolute Gasteiger partial charge is 0.480 e. The van der Waals surface area contributed by atoms with Gasteiger partial charge in [0.1, 0.15) is 22.9 Å². The third-order valence-electron chi connectivity index (χ3n) is 2.56. The lowest BCUT2D eigenvalue weighted by Gasteiger charge is -2.05. The summed E-state index contributed by atoms with van der Waals surface area (Å²) in [5, 5.41) is 18.4. The summed E-state index contributed by atoms with van der Waals surface area (Å²) in [5.41, 5.74) is 0.337. The summed E-state index contributed by atoms with van der Waals surface area (Å²) in [4.78, 5) is 23.2. The van der Waals surface area contributed by atoms with Gasteiger partial charge >= 0.3 is 12.6 Å². The second-order valence-electron chi connectivity index (χ2n) is 4.41. The van der Waals surface area contributed by atoms with Gasteiger partial charge in [-0.05, 0) is 13.0 Å². The number of hydrogen-bond donors (Lipinski definition) is 2. The highest BCUT2D eigenvalue weighted by molar-refractivity contribution is 7.14. The van der Waals surface area contributed by atoms with Crippen molar-refractivity contribution in [1.29, 1.82) is 0 Å². The molecule has 0 aliphatic rings. The number of halogens is 2. The first-order chi connectivity index (χ1) is 10.8. The molecule has 0 aliphatic carbocycles. The topological polar surface area (TPSA) is 106 Å². The van der Waals surface area contributed by atoms with Crippen LogP contribution in [0.5, 0.6) is 5.75 Å². The van der Waals surface area contributed by atoms with Crippen molar-refractivity contribution in [3.8, 4) is 5.75 Å². The number of nitrogens with one attached hydrogen (secondary N) is 1. The first kappa shape index (κ1) is 16.8. The Morgan fingerprint density at radius 2 is 2.26 bits per heavy atom. The van der Waals surface area contributed by atoms with Crippen molar-refractivity contribution in [3.05, 3.63) is 27.7 Å². The maximum absolute atomic E-state index is 12.3. The molecule has 124 valence electrons. The summed E-state index contributed by atoms with van der Waals surface area (Å²) < 4.78 is 30.0. The number of aliphatic carboxylic acids is 1. The van der Waals surface area contributed by atoms with E-state index in [1.54, 1.807) is 6.92 Å². The lowest BCUT2D eigenvalue weighted by molar-refractivity contribution is -0.137. The fraction of sp³-hybridized carbons (Fsp3) is 0.333. The molecule has 2 aromatic rings. The van der Waals surface area contributed by atoms with Crippen LogP contribution in [0, 0.1) is 6.92 Å². The van der Waals surface area contributed by atoms with Gasteiger partial charge in [0.05, 0.1) is 12.7 Å². The first-order valence-electron chi connectivity index (χ1n) is 6.29. The summed E-state index contributed by atoms with van der Waals surface area (Å²) in [6.07, 6.45) is 1.37. The van der Waals surface area contributed by atoms with Gasteiger partial charge in [0, 0.05) is 4.88 Å². The van der Waals surface area contributed by atoms with E-state index in [1.165, 1.54) is 12.3 Å². The lowest BCUT2D eigenvalue weighted by Crippen LogP contribution is -2.23. The van der Waals surface area contributed by atoms with E-state index in [9.17, 15) is 18.4 Å². The minimum absolute atomic E-state index is 0.0243. The number of hydrogen-bond acceptors (Lipinski definition) is 6. The van der Waals surface area contributed by atoms with Crippen molar-refractivity contribution < 1.29 is 28.2 Å². The molecule has 0 aromatic carbocycles. The monoisotopic (exact) mass is 346 g/mol. The molecule has 0 spiro atoms. The van der Waals surface area contributed by atoms with Crippen LogP contribution in [0.2, 0.25) is 0 Å². The molecule has 23 heavy (non-hydrogen) atoms. The zero-order chi connectivity index (χ0) is 17.0. The van der Waals surface area contributed by atoms with Gasteiger partial charge in [-0.15, -0.1) is 16.4 Å². The predicted octanol–water partition coefficient (Wildman–Crippen LogP) is 1.26. The first-order valence-corrected chi connectivity index (χ1v) is 7.11. The number of carbonyl (C=O) groups excluding carboxylic acids is 1.